The van der Waals surface area contributed by atoms with Gasteiger partial charge in [0.1, 0.15) is 18.1 Å². The van der Waals surface area contributed by atoms with E-state index in [0.717, 1.165) is 39.4 Å². The summed E-state index contributed by atoms with van der Waals surface area (Å²) in [5, 5.41) is 0. The number of hydrogen-bond acceptors (Lipinski definition) is 3. The maximum atomic E-state index is 12.6. The number of halogens is 1. The number of carbonyl (C=O) groups excluding carboxylic acids is 1. The average molecular weight is 386 g/mol. The first-order valence-corrected chi connectivity index (χ1v) is 9.39. The molecule has 1 heterocycles. The van der Waals surface area contributed by atoms with Crippen LogP contribution in [0.4, 0.5) is 5.69 Å². The number of alkyl halides is 1. The van der Waals surface area contributed by atoms with Crippen molar-refractivity contribution in [3.8, 4) is 11.5 Å². The molecule has 1 saturated heterocycles. The summed E-state index contributed by atoms with van der Waals surface area (Å²) in [5.41, 5.74) is 5.51. The van der Waals surface area contributed by atoms with Gasteiger partial charge in [0.05, 0.1) is 19.0 Å². The summed E-state index contributed by atoms with van der Waals surface area (Å²) in [7, 11) is 1.64. The predicted octanol–water partition coefficient (Wildman–Crippen LogP) is 4.88. The van der Waals surface area contributed by atoms with Gasteiger partial charge in [0.2, 0.25) is 0 Å². The molecule has 0 spiro atoms. The molecule has 142 valence electrons. The van der Waals surface area contributed by atoms with Crippen LogP contribution in [0.5, 0.6) is 11.5 Å². The van der Waals surface area contributed by atoms with E-state index >= 15 is 0 Å². The molecule has 2 aromatic carbocycles. The van der Waals surface area contributed by atoms with Crippen LogP contribution in [0, 0.1) is 20.8 Å². The molecule has 3 rings (SSSR count). The number of nitrogens with zero attached hydrogens (tertiary/aromatic N) is 1. The largest absolute Gasteiger partial charge is 0.496 e. The molecule has 5 heteroatoms. The van der Waals surface area contributed by atoms with Crippen LogP contribution in [0.1, 0.15) is 28.3 Å². The van der Waals surface area contributed by atoms with Crippen molar-refractivity contribution in [2.45, 2.75) is 26.8 Å². The maximum absolute atomic E-state index is 12.6. The molecule has 0 N–H and O–H groups in total. The van der Waals surface area contributed by atoms with E-state index in [2.05, 4.69) is 6.58 Å². The van der Waals surface area contributed by atoms with Crippen molar-refractivity contribution >= 4 is 23.2 Å². The number of aryl methyl sites for hydroxylation is 2. The van der Waals surface area contributed by atoms with Crippen molar-refractivity contribution in [1.82, 2.24) is 0 Å². The van der Waals surface area contributed by atoms with Gasteiger partial charge in [-0.05, 0) is 55.2 Å². The summed E-state index contributed by atoms with van der Waals surface area (Å²) >= 11 is 5.74. The Balaban J connectivity index is 2.00. The molecule has 0 unspecified atom stereocenters. The molecule has 1 atom stereocenters. The molecule has 1 fully saturated rings. The molecule has 0 radical (unpaired) electrons. The molecule has 0 aromatic heterocycles. The Bertz CT molecular complexity index is 907. The monoisotopic (exact) mass is 385 g/mol. The number of rotatable bonds is 6. The lowest BCUT2D eigenvalue weighted by molar-refractivity contribution is -0.118. The van der Waals surface area contributed by atoms with Crippen LogP contribution < -0.4 is 14.4 Å². The number of benzene rings is 2. The summed E-state index contributed by atoms with van der Waals surface area (Å²) in [5.74, 6) is 1.89. The third kappa shape index (κ3) is 3.42. The van der Waals surface area contributed by atoms with Gasteiger partial charge in [-0.2, -0.15) is 0 Å². The fourth-order valence-corrected chi connectivity index (χ4v) is 3.42. The van der Waals surface area contributed by atoms with Crippen molar-refractivity contribution in [2.75, 3.05) is 24.5 Å². The Morgan fingerprint density at radius 3 is 2.52 bits per heavy atom. The van der Waals surface area contributed by atoms with Crippen molar-refractivity contribution in [3.63, 3.8) is 0 Å². The summed E-state index contributed by atoms with van der Waals surface area (Å²) in [4.78, 5) is 14.4. The molecular formula is C22H24ClNO3. The minimum Gasteiger partial charge on any atom is -0.496 e. The van der Waals surface area contributed by atoms with Crippen LogP contribution in [-0.4, -0.2) is 25.5 Å². The van der Waals surface area contributed by atoms with Crippen LogP contribution >= 0.6 is 11.6 Å². The van der Waals surface area contributed by atoms with Gasteiger partial charge >= 0.3 is 0 Å². The number of amides is 1. The van der Waals surface area contributed by atoms with Crippen molar-refractivity contribution in [2.24, 2.45) is 0 Å². The lowest BCUT2D eigenvalue weighted by Gasteiger charge is -2.43. The smallest absolute Gasteiger partial charge is 0.256 e. The van der Waals surface area contributed by atoms with E-state index < -0.39 is 0 Å². The quantitative estimate of drug-likeness (QED) is 0.404. The fourth-order valence-electron chi connectivity index (χ4n) is 3.35. The second-order valence-corrected chi connectivity index (χ2v) is 7.13. The third-order valence-electron chi connectivity index (χ3n) is 5.05. The lowest BCUT2D eigenvalue weighted by Crippen LogP contribution is -2.48. The minimum atomic E-state index is -0.219. The van der Waals surface area contributed by atoms with Gasteiger partial charge in [0, 0.05) is 17.3 Å². The van der Waals surface area contributed by atoms with E-state index in [4.69, 9.17) is 21.1 Å². The van der Waals surface area contributed by atoms with Crippen LogP contribution in [0.25, 0.3) is 0 Å². The number of methoxy groups -OCH3 is 1. The highest BCUT2D eigenvalue weighted by Crippen LogP contribution is 2.44. The Labute approximate surface area is 165 Å². The highest BCUT2D eigenvalue weighted by Gasteiger charge is 2.43. The van der Waals surface area contributed by atoms with Gasteiger partial charge in [-0.15, -0.1) is 11.6 Å². The molecule has 1 aliphatic rings. The van der Waals surface area contributed by atoms with E-state index in [1.807, 2.05) is 51.1 Å². The van der Waals surface area contributed by atoms with Gasteiger partial charge in [-0.1, -0.05) is 18.7 Å². The Morgan fingerprint density at radius 1 is 1.11 bits per heavy atom. The Hall–Kier alpha value is -2.46. The van der Waals surface area contributed by atoms with E-state index in [0.29, 0.717) is 18.1 Å². The number of anilines is 1. The van der Waals surface area contributed by atoms with E-state index in [1.54, 1.807) is 12.0 Å². The van der Waals surface area contributed by atoms with E-state index in [-0.39, 0.29) is 11.9 Å². The lowest BCUT2D eigenvalue weighted by atomic mass is 9.87. The van der Waals surface area contributed by atoms with E-state index in [1.165, 1.54) is 0 Å². The summed E-state index contributed by atoms with van der Waals surface area (Å²) in [6.07, 6.45) is 0. The maximum Gasteiger partial charge on any atom is 0.256 e. The Morgan fingerprint density at radius 2 is 1.85 bits per heavy atom. The SMILES string of the molecule is C=C1C(=O)N(c2cc(C)c(C)c(OC)c2)[C@H]1c1ccc(C)c(OCCCl)c1. The predicted molar refractivity (Wildman–Crippen MR) is 109 cm³/mol. The first kappa shape index (κ1) is 19.3. The Kier molecular flexibility index (Phi) is 5.47. The molecule has 2 aromatic rings. The summed E-state index contributed by atoms with van der Waals surface area (Å²) in [6.45, 7) is 10.4. The number of hydrogen-bond donors (Lipinski definition) is 0. The first-order chi connectivity index (χ1) is 12.9. The average Bonchev–Trinajstić information content (AvgIpc) is 2.67. The number of ether oxygens (including phenoxy) is 2. The van der Waals surface area contributed by atoms with Crippen LogP contribution in [0.15, 0.2) is 42.5 Å². The molecule has 0 aliphatic carbocycles. The minimum absolute atomic E-state index is 0.0749. The van der Waals surface area contributed by atoms with Gasteiger partial charge in [-0.25, -0.2) is 0 Å². The third-order valence-corrected chi connectivity index (χ3v) is 5.20. The van der Waals surface area contributed by atoms with Crippen LogP contribution in [-0.2, 0) is 4.79 Å². The fraction of sp³-hybridized carbons (Fsp3) is 0.318. The standard InChI is InChI=1S/C22H24ClNO3/c1-13-6-7-17(11-19(13)27-9-8-23)21-16(4)22(25)24(21)18-10-14(2)15(3)20(12-18)26-5/h6-7,10-12,21H,4,8-9H2,1-3,5H3/t21-/m1/s1. The molecule has 4 nitrogen and oxygen atoms in total. The van der Waals surface area contributed by atoms with Crippen molar-refractivity contribution in [3.05, 3.63) is 64.7 Å². The van der Waals surface area contributed by atoms with Gasteiger partial charge < -0.3 is 9.47 Å². The molecule has 27 heavy (non-hydrogen) atoms. The molecule has 0 saturated carbocycles. The summed E-state index contributed by atoms with van der Waals surface area (Å²) < 4.78 is 11.2. The second kappa shape index (κ2) is 7.65. The summed E-state index contributed by atoms with van der Waals surface area (Å²) in [6, 6.07) is 9.66. The number of β-lactam (4-membered cyclic amide) rings is 1. The van der Waals surface area contributed by atoms with Crippen LogP contribution in [0.3, 0.4) is 0 Å². The molecule has 0 bridgehead atoms. The highest BCUT2D eigenvalue weighted by atomic mass is 35.5. The molecular weight excluding hydrogens is 362 g/mol. The van der Waals surface area contributed by atoms with Gasteiger partial charge in [0.15, 0.2) is 0 Å². The number of carbonyl (C=O) groups is 1. The van der Waals surface area contributed by atoms with Crippen molar-refractivity contribution < 1.29 is 14.3 Å². The van der Waals surface area contributed by atoms with Crippen molar-refractivity contribution in [1.29, 1.82) is 0 Å². The van der Waals surface area contributed by atoms with E-state index in [9.17, 15) is 4.79 Å². The second-order valence-electron chi connectivity index (χ2n) is 6.76. The van der Waals surface area contributed by atoms with Crippen LogP contribution in [0.2, 0.25) is 0 Å². The molecule has 1 aliphatic heterocycles. The normalized spacial score (nSPS) is 16.3. The first-order valence-electron chi connectivity index (χ1n) is 8.86. The van der Waals surface area contributed by atoms with Gasteiger partial charge in [-0.3, -0.25) is 9.69 Å². The molecule has 1 amide bonds. The topological polar surface area (TPSA) is 38.8 Å². The highest BCUT2D eigenvalue weighted by molar-refractivity contribution is 6.18. The van der Waals surface area contributed by atoms with Gasteiger partial charge in [0.25, 0.3) is 5.91 Å². The zero-order valence-corrected chi connectivity index (χ0v) is 16.9. The zero-order valence-electron chi connectivity index (χ0n) is 16.1. The zero-order chi connectivity index (χ0) is 19.7.